The maximum atomic E-state index is 12.6. The molecule has 0 spiro atoms. The maximum absolute atomic E-state index is 12.6. The minimum absolute atomic E-state index is 0.213. The molecule has 1 aliphatic carbocycles. The number of hydrogen-bond acceptors (Lipinski definition) is 3. The molecular formula is C19H16O2S. The fourth-order valence-corrected chi connectivity index (χ4v) is 4.00. The van der Waals surface area contributed by atoms with Gasteiger partial charge in [0.25, 0.3) is 0 Å². The van der Waals surface area contributed by atoms with E-state index in [4.69, 9.17) is 4.42 Å². The summed E-state index contributed by atoms with van der Waals surface area (Å²) in [5, 5.41) is 2.02. The van der Waals surface area contributed by atoms with Crippen LogP contribution in [-0.2, 0) is 12.8 Å². The van der Waals surface area contributed by atoms with Crippen molar-refractivity contribution in [1.82, 2.24) is 0 Å². The zero-order valence-electron chi connectivity index (χ0n) is 12.2. The van der Waals surface area contributed by atoms with E-state index < -0.39 is 0 Å². The first-order chi connectivity index (χ1) is 10.8. The Morgan fingerprint density at radius 2 is 1.68 bits per heavy atom. The number of thiophene rings is 1. The van der Waals surface area contributed by atoms with E-state index in [1.807, 2.05) is 47.8 Å². The van der Waals surface area contributed by atoms with Crippen molar-refractivity contribution in [3.63, 3.8) is 0 Å². The summed E-state index contributed by atoms with van der Waals surface area (Å²) in [5.41, 5.74) is 3.93. The predicted octanol–water partition coefficient (Wildman–Crippen LogP) is 4.91. The van der Waals surface area contributed by atoms with Crippen LogP contribution in [0.15, 0.2) is 57.1 Å². The summed E-state index contributed by atoms with van der Waals surface area (Å²) in [6.07, 6.45) is 4.25. The van der Waals surface area contributed by atoms with Gasteiger partial charge in [-0.15, -0.1) is 11.3 Å². The van der Waals surface area contributed by atoms with Crippen molar-refractivity contribution < 1.29 is 4.42 Å². The van der Waals surface area contributed by atoms with Gasteiger partial charge in [-0.2, -0.15) is 0 Å². The lowest BCUT2D eigenvalue weighted by molar-refractivity contribution is 0.511. The third kappa shape index (κ3) is 2.22. The van der Waals surface area contributed by atoms with Crippen LogP contribution in [0.2, 0.25) is 0 Å². The van der Waals surface area contributed by atoms with Crippen LogP contribution in [0.4, 0.5) is 0 Å². The van der Waals surface area contributed by atoms with Crippen molar-refractivity contribution in [2.45, 2.75) is 25.7 Å². The molecule has 0 amide bonds. The topological polar surface area (TPSA) is 30.2 Å². The number of fused-ring (bicyclic) bond motifs is 1. The summed E-state index contributed by atoms with van der Waals surface area (Å²) in [6.45, 7) is 0. The van der Waals surface area contributed by atoms with Gasteiger partial charge in [0.2, 0.25) is 0 Å². The first-order valence-electron chi connectivity index (χ1n) is 7.63. The highest BCUT2D eigenvalue weighted by atomic mass is 32.1. The quantitative estimate of drug-likeness (QED) is 0.673. The summed E-state index contributed by atoms with van der Waals surface area (Å²) in [5.74, 6) is 0.786. The molecule has 0 saturated heterocycles. The summed E-state index contributed by atoms with van der Waals surface area (Å²) in [4.78, 5) is 13.7. The molecule has 2 aromatic heterocycles. The molecule has 2 nitrogen and oxygen atoms in total. The molecule has 1 aromatic carbocycles. The summed E-state index contributed by atoms with van der Waals surface area (Å²) in [6, 6.07) is 13.9. The second kappa shape index (κ2) is 5.58. The van der Waals surface area contributed by atoms with E-state index in [0.717, 1.165) is 47.4 Å². The molecular weight excluding hydrogens is 292 g/mol. The Hall–Kier alpha value is -2.13. The molecule has 0 aliphatic heterocycles. The average Bonchev–Trinajstić information content (AvgIpc) is 3.09. The van der Waals surface area contributed by atoms with E-state index >= 15 is 0 Å². The van der Waals surface area contributed by atoms with Crippen LogP contribution in [0.3, 0.4) is 0 Å². The van der Waals surface area contributed by atoms with Crippen LogP contribution in [0.25, 0.3) is 21.8 Å². The Labute approximate surface area is 133 Å². The third-order valence-electron chi connectivity index (χ3n) is 4.25. The van der Waals surface area contributed by atoms with Crippen molar-refractivity contribution in [1.29, 1.82) is 0 Å². The molecule has 0 radical (unpaired) electrons. The molecule has 110 valence electrons. The molecule has 0 saturated carbocycles. The van der Waals surface area contributed by atoms with Crippen LogP contribution >= 0.6 is 11.3 Å². The molecule has 0 N–H and O–H groups in total. The van der Waals surface area contributed by atoms with Crippen molar-refractivity contribution in [3.05, 3.63) is 69.4 Å². The van der Waals surface area contributed by atoms with Gasteiger partial charge in [-0.1, -0.05) is 36.4 Å². The standard InChI is InChI=1S/C19H16O2S/c20-19-17(13-7-2-1-3-8-13)14-9-4-5-10-15(14)18(21-19)16-11-6-12-22-16/h1-3,6-8,11-12H,4-5,9-10H2. The van der Waals surface area contributed by atoms with E-state index in [2.05, 4.69) is 0 Å². The Balaban J connectivity index is 2.01. The van der Waals surface area contributed by atoms with E-state index in [-0.39, 0.29) is 5.63 Å². The SMILES string of the molecule is O=c1oc(-c2cccs2)c2c(c1-c1ccccc1)CCCC2. The van der Waals surface area contributed by atoms with Gasteiger partial charge in [-0.05, 0) is 48.3 Å². The zero-order valence-corrected chi connectivity index (χ0v) is 13.0. The molecule has 0 fully saturated rings. The highest BCUT2D eigenvalue weighted by Crippen LogP contribution is 2.37. The van der Waals surface area contributed by atoms with Crippen LogP contribution in [0, 0.1) is 0 Å². The van der Waals surface area contributed by atoms with Gasteiger partial charge in [0, 0.05) is 5.56 Å². The van der Waals surface area contributed by atoms with Crippen molar-refractivity contribution in [2.75, 3.05) is 0 Å². The molecule has 1 aliphatic rings. The number of hydrogen-bond donors (Lipinski definition) is 0. The second-order valence-electron chi connectivity index (χ2n) is 5.60. The lowest BCUT2D eigenvalue weighted by atomic mass is 9.86. The largest absolute Gasteiger partial charge is 0.421 e. The Morgan fingerprint density at radius 3 is 2.41 bits per heavy atom. The second-order valence-corrected chi connectivity index (χ2v) is 6.55. The minimum atomic E-state index is -0.213. The van der Waals surface area contributed by atoms with Crippen LogP contribution in [-0.4, -0.2) is 0 Å². The van der Waals surface area contributed by atoms with E-state index in [0.29, 0.717) is 0 Å². The Morgan fingerprint density at radius 1 is 0.909 bits per heavy atom. The Bertz CT molecular complexity index is 845. The van der Waals surface area contributed by atoms with Gasteiger partial charge in [0.1, 0.15) is 0 Å². The molecule has 3 aromatic rings. The fraction of sp³-hybridized carbons (Fsp3) is 0.211. The smallest absolute Gasteiger partial charge is 0.344 e. The summed E-state index contributed by atoms with van der Waals surface area (Å²) in [7, 11) is 0. The maximum Gasteiger partial charge on any atom is 0.344 e. The van der Waals surface area contributed by atoms with E-state index in [1.54, 1.807) is 11.3 Å². The molecule has 0 bridgehead atoms. The monoisotopic (exact) mass is 308 g/mol. The molecule has 4 rings (SSSR count). The third-order valence-corrected chi connectivity index (χ3v) is 5.12. The normalized spacial score (nSPS) is 13.8. The van der Waals surface area contributed by atoms with E-state index in [9.17, 15) is 4.79 Å². The van der Waals surface area contributed by atoms with Gasteiger partial charge >= 0.3 is 5.63 Å². The van der Waals surface area contributed by atoms with Gasteiger partial charge in [-0.25, -0.2) is 4.79 Å². The molecule has 22 heavy (non-hydrogen) atoms. The Kier molecular flexibility index (Phi) is 3.43. The molecule has 0 atom stereocenters. The van der Waals surface area contributed by atoms with Crippen molar-refractivity contribution in [3.8, 4) is 21.8 Å². The van der Waals surface area contributed by atoms with E-state index in [1.165, 1.54) is 11.1 Å². The highest BCUT2D eigenvalue weighted by Gasteiger charge is 2.24. The zero-order chi connectivity index (χ0) is 14.9. The van der Waals surface area contributed by atoms with Crippen LogP contribution in [0.5, 0.6) is 0 Å². The molecule has 3 heteroatoms. The van der Waals surface area contributed by atoms with Gasteiger partial charge in [-0.3, -0.25) is 0 Å². The molecule has 0 unspecified atom stereocenters. The summed E-state index contributed by atoms with van der Waals surface area (Å²) < 4.78 is 5.76. The average molecular weight is 308 g/mol. The predicted molar refractivity (Wildman–Crippen MR) is 90.4 cm³/mol. The molecule has 2 heterocycles. The number of rotatable bonds is 2. The first kappa shape index (κ1) is 13.5. The fourth-order valence-electron chi connectivity index (χ4n) is 3.26. The van der Waals surface area contributed by atoms with Crippen LogP contribution in [0.1, 0.15) is 24.0 Å². The van der Waals surface area contributed by atoms with Crippen molar-refractivity contribution in [2.24, 2.45) is 0 Å². The van der Waals surface area contributed by atoms with Crippen LogP contribution < -0.4 is 5.63 Å². The van der Waals surface area contributed by atoms with Crippen molar-refractivity contribution >= 4 is 11.3 Å². The number of benzene rings is 1. The summed E-state index contributed by atoms with van der Waals surface area (Å²) >= 11 is 1.63. The van der Waals surface area contributed by atoms with Gasteiger partial charge in [0.05, 0.1) is 10.4 Å². The first-order valence-corrected chi connectivity index (χ1v) is 8.50. The van der Waals surface area contributed by atoms with Gasteiger partial charge < -0.3 is 4.42 Å². The lowest BCUT2D eigenvalue weighted by Crippen LogP contribution is -2.15. The highest BCUT2D eigenvalue weighted by molar-refractivity contribution is 7.13. The van der Waals surface area contributed by atoms with Gasteiger partial charge in [0.15, 0.2) is 5.76 Å². The minimum Gasteiger partial charge on any atom is -0.421 e. The lowest BCUT2D eigenvalue weighted by Gasteiger charge is -2.20.